The first-order valence-corrected chi connectivity index (χ1v) is 11.7. The van der Waals surface area contributed by atoms with E-state index in [9.17, 15) is 9.59 Å². The Hall–Kier alpha value is -4.05. The van der Waals surface area contributed by atoms with Gasteiger partial charge in [-0.05, 0) is 48.4 Å². The predicted molar refractivity (Wildman–Crippen MR) is 135 cm³/mol. The number of esters is 1. The van der Waals surface area contributed by atoms with Gasteiger partial charge in [0, 0.05) is 0 Å². The van der Waals surface area contributed by atoms with Crippen LogP contribution in [0.4, 0.5) is 0 Å². The van der Waals surface area contributed by atoms with Crippen LogP contribution >= 0.6 is 11.3 Å². The molecule has 0 amide bonds. The van der Waals surface area contributed by atoms with Crippen molar-refractivity contribution in [2.45, 2.75) is 13.0 Å². The van der Waals surface area contributed by atoms with Crippen molar-refractivity contribution in [3.8, 4) is 23.0 Å². The summed E-state index contributed by atoms with van der Waals surface area (Å²) in [7, 11) is 7.48. The molecule has 0 saturated carbocycles. The molecule has 9 nitrogen and oxygen atoms in total. The molecule has 0 radical (unpaired) electrons. The van der Waals surface area contributed by atoms with E-state index in [-0.39, 0.29) is 11.1 Å². The lowest BCUT2D eigenvalue weighted by Gasteiger charge is -2.25. The average Bonchev–Trinajstić information content (AvgIpc) is 3.20. The fourth-order valence-corrected chi connectivity index (χ4v) is 5.17. The smallest absolute Gasteiger partial charge is 0.338 e. The summed E-state index contributed by atoms with van der Waals surface area (Å²) in [6.45, 7) is 1.73. The molecule has 10 heteroatoms. The highest BCUT2D eigenvalue weighted by atomic mass is 32.1. The third-order valence-electron chi connectivity index (χ3n) is 5.86. The number of nitrogens with zero attached hydrogens (tertiary/aromatic N) is 2. The topological polar surface area (TPSA) is 97.6 Å². The SMILES string of the molecule is COC(=O)C1=C(C)N=c2s/c(=C/c3ccc(OC)c(OC)c3)c(=O)n2C1c1ccc(OC)c(OC)c1. The second-order valence-electron chi connectivity index (χ2n) is 7.80. The van der Waals surface area contributed by atoms with Crippen LogP contribution in [0.15, 0.2) is 57.5 Å². The Morgan fingerprint density at radius 2 is 1.53 bits per heavy atom. The number of fused-ring (bicyclic) bond motifs is 1. The van der Waals surface area contributed by atoms with Gasteiger partial charge in [-0.25, -0.2) is 9.79 Å². The molecule has 2 heterocycles. The van der Waals surface area contributed by atoms with Gasteiger partial charge in [0.1, 0.15) is 0 Å². The minimum Gasteiger partial charge on any atom is -0.493 e. The number of rotatable bonds is 7. The molecule has 3 aromatic rings. The van der Waals surface area contributed by atoms with Gasteiger partial charge in [0.25, 0.3) is 5.56 Å². The van der Waals surface area contributed by atoms with Crippen LogP contribution in [0.2, 0.25) is 0 Å². The Kier molecular flexibility index (Phi) is 7.16. The van der Waals surface area contributed by atoms with Crippen LogP contribution in [0.3, 0.4) is 0 Å². The number of hydrogen-bond donors (Lipinski definition) is 0. The summed E-state index contributed by atoms with van der Waals surface area (Å²) >= 11 is 1.24. The fraction of sp³-hybridized carbons (Fsp3) is 0.269. The van der Waals surface area contributed by atoms with Gasteiger partial charge in [0.2, 0.25) is 0 Å². The zero-order valence-electron chi connectivity index (χ0n) is 20.8. The summed E-state index contributed by atoms with van der Waals surface area (Å²) < 4.78 is 28.5. The number of carbonyl (C=O) groups is 1. The molecule has 36 heavy (non-hydrogen) atoms. The zero-order chi connectivity index (χ0) is 26.0. The predicted octanol–water partition coefficient (Wildman–Crippen LogP) is 2.44. The second-order valence-corrected chi connectivity index (χ2v) is 8.81. The van der Waals surface area contributed by atoms with E-state index in [1.54, 1.807) is 64.7 Å². The lowest BCUT2D eigenvalue weighted by atomic mass is 9.95. The monoisotopic (exact) mass is 510 g/mol. The largest absolute Gasteiger partial charge is 0.493 e. The molecular weight excluding hydrogens is 484 g/mol. The van der Waals surface area contributed by atoms with E-state index in [0.29, 0.717) is 43.6 Å². The molecule has 1 aromatic heterocycles. The first-order chi connectivity index (χ1) is 17.4. The van der Waals surface area contributed by atoms with Crippen molar-refractivity contribution in [2.24, 2.45) is 4.99 Å². The first-order valence-electron chi connectivity index (χ1n) is 10.9. The van der Waals surface area contributed by atoms with Crippen molar-refractivity contribution in [1.82, 2.24) is 4.57 Å². The fourth-order valence-electron chi connectivity index (χ4n) is 4.12. The van der Waals surface area contributed by atoms with E-state index in [2.05, 4.69) is 4.99 Å². The van der Waals surface area contributed by atoms with E-state index >= 15 is 0 Å². The number of ether oxygens (including phenoxy) is 5. The number of carbonyl (C=O) groups excluding carboxylic acids is 1. The van der Waals surface area contributed by atoms with Gasteiger partial charge in [-0.15, -0.1) is 0 Å². The van der Waals surface area contributed by atoms with Crippen LogP contribution in [0.5, 0.6) is 23.0 Å². The molecule has 0 bridgehead atoms. The van der Waals surface area contributed by atoms with E-state index in [1.165, 1.54) is 30.1 Å². The van der Waals surface area contributed by atoms with Gasteiger partial charge >= 0.3 is 5.97 Å². The van der Waals surface area contributed by atoms with E-state index in [1.807, 2.05) is 6.07 Å². The molecule has 4 rings (SSSR count). The lowest BCUT2D eigenvalue weighted by Crippen LogP contribution is -2.39. The van der Waals surface area contributed by atoms with Crippen LogP contribution in [0.1, 0.15) is 24.1 Å². The summed E-state index contributed by atoms with van der Waals surface area (Å²) in [5.41, 5.74) is 1.86. The molecule has 188 valence electrons. The number of hydrogen-bond acceptors (Lipinski definition) is 9. The molecule has 0 saturated heterocycles. The average molecular weight is 511 g/mol. The maximum Gasteiger partial charge on any atom is 0.338 e. The van der Waals surface area contributed by atoms with Crippen LogP contribution in [-0.2, 0) is 9.53 Å². The minimum absolute atomic E-state index is 0.273. The number of methoxy groups -OCH3 is 5. The summed E-state index contributed by atoms with van der Waals surface area (Å²) in [4.78, 5) is 31.6. The molecule has 0 fully saturated rings. The van der Waals surface area contributed by atoms with E-state index < -0.39 is 12.0 Å². The number of thiazole rings is 1. The van der Waals surface area contributed by atoms with Crippen molar-refractivity contribution in [1.29, 1.82) is 0 Å². The molecule has 1 atom stereocenters. The summed E-state index contributed by atoms with van der Waals surface area (Å²) in [6.07, 6.45) is 1.76. The maximum atomic E-state index is 13.7. The van der Waals surface area contributed by atoms with Gasteiger partial charge in [-0.1, -0.05) is 23.5 Å². The molecule has 0 N–H and O–H groups in total. The molecular formula is C26H26N2O7S. The standard InChI is InChI=1S/C26H26N2O7S/c1-14-22(25(30)35-6)23(16-8-10-18(32-3)20(13-16)34-5)28-24(29)21(36-26(28)27-14)12-15-7-9-17(31-2)19(11-15)33-4/h7-13,23H,1-6H3/b21-12+. The zero-order valence-corrected chi connectivity index (χ0v) is 21.6. The molecule has 2 aromatic carbocycles. The normalized spacial score (nSPS) is 15.2. The summed E-state index contributed by atoms with van der Waals surface area (Å²) in [6, 6.07) is 9.90. The summed E-state index contributed by atoms with van der Waals surface area (Å²) in [5, 5.41) is 0. The Bertz CT molecular complexity index is 1530. The number of aromatic nitrogens is 1. The third kappa shape index (κ3) is 4.35. The minimum atomic E-state index is -0.763. The summed E-state index contributed by atoms with van der Waals surface area (Å²) in [5.74, 6) is 1.57. The lowest BCUT2D eigenvalue weighted by molar-refractivity contribution is -0.136. The van der Waals surface area contributed by atoms with Crippen molar-refractivity contribution in [3.63, 3.8) is 0 Å². The maximum absolute atomic E-state index is 13.7. The highest BCUT2D eigenvalue weighted by Crippen LogP contribution is 2.36. The molecule has 1 aliphatic rings. The quantitative estimate of drug-likeness (QED) is 0.451. The van der Waals surface area contributed by atoms with E-state index in [4.69, 9.17) is 23.7 Å². The van der Waals surface area contributed by atoms with Crippen LogP contribution in [0, 0.1) is 0 Å². The van der Waals surface area contributed by atoms with Gasteiger partial charge < -0.3 is 23.7 Å². The highest BCUT2D eigenvalue weighted by Gasteiger charge is 2.33. The van der Waals surface area contributed by atoms with E-state index in [0.717, 1.165) is 5.56 Å². The van der Waals surface area contributed by atoms with Crippen LogP contribution in [-0.4, -0.2) is 46.1 Å². The van der Waals surface area contributed by atoms with Crippen LogP contribution in [0.25, 0.3) is 6.08 Å². The Balaban J connectivity index is 1.95. The molecule has 0 spiro atoms. The van der Waals surface area contributed by atoms with Crippen molar-refractivity contribution < 1.29 is 28.5 Å². The van der Waals surface area contributed by atoms with Crippen molar-refractivity contribution in [2.75, 3.05) is 35.5 Å². The Labute approximate surface area is 211 Å². The third-order valence-corrected chi connectivity index (χ3v) is 6.84. The molecule has 0 aliphatic carbocycles. The highest BCUT2D eigenvalue weighted by molar-refractivity contribution is 7.07. The van der Waals surface area contributed by atoms with Gasteiger partial charge in [-0.2, -0.15) is 0 Å². The van der Waals surface area contributed by atoms with Crippen molar-refractivity contribution >= 4 is 23.4 Å². The van der Waals surface area contributed by atoms with Gasteiger partial charge in [-0.3, -0.25) is 9.36 Å². The molecule has 1 aliphatic heterocycles. The van der Waals surface area contributed by atoms with Gasteiger partial charge in [0.15, 0.2) is 27.8 Å². The van der Waals surface area contributed by atoms with Gasteiger partial charge in [0.05, 0.1) is 57.4 Å². The first kappa shape index (κ1) is 25.1. The number of benzene rings is 2. The Morgan fingerprint density at radius 3 is 2.14 bits per heavy atom. The number of allylic oxidation sites excluding steroid dienone is 1. The van der Waals surface area contributed by atoms with Crippen LogP contribution < -0.4 is 33.8 Å². The second kappa shape index (κ2) is 10.3. The Morgan fingerprint density at radius 1 is 0.917 bits per heavy atom. The van der Waals surface area contributed by atoms with Crippen molar-refractivity contribution in [3.05, 3.63) is 78.5 Å². The molecule has 1 unspecified atom stereocenters.